The second-order valence-electron chi connectivity index (χ2n) is 6.47. The van der Waals surface area contributed by atoms with Gasteiger partial charge in [0.2, 0.25) is 5.91 Å². The van der Waals surface area contributed by atoms with E-state index in [4.69, 9.17) is 9.47 Å². The third-order valence-corrected chi connectivity index (χ3v) is 4.99. The smallest absolute Gasteiger partial charge is 0.228 e. The van der Waals surface area contributed by atoms with E-state index in [0.29, 0.717) is 16.7 Å². The Morgan fingerprint density at radius 1 is 0.931 bits per heavy atom. The Kier molecular flexibility index (Phi) is 6.72. The summed E-state index contributed by atoms with van der Waals surface area (Å²) < 4.78 is 10.5. The van der Waals surface area contributed by atoms with Gasteiger partial charge in [-0.2, -0.15) is 0 Å². The van der Waals surface area contributed by atoms with Crippen LogP contribution in [-0.4, -0.2) is 30.1 Å². The van der Waals surface area contributed by atoms with E-state index >= 15 is 0 Å². The highest BCUT2D eigenvalue weighted by Gasteiger charge is 2.09. The zero-order chi connectivity index (χ0) is 20.8. The summed E-state index contributed by atoms with van der Waals surface area (Å²) in [5, 5.41) is 3.63. The minimum absolute atomic E-state index is 0.102. The third-order valence-electron chi connectivity index (χ3n) is 4.12. The second kappa shape index (κ2) is 9.43. The summed E-state index contributed by atoms with van der Waals surface area (Å²) in [4.78, 5) is 22.3. The van der Waals surface area contributed by atoms with Gasteiger partial charge in [-0.1, -0.05) is 6.07 Å². The Bertz CT molecular complexity index is 986. The first-order chi connectivity index (χ1) is 14.0. The summed E-state index contributed by atoms with van der Waals surface area (Å²) in [5.74, 6) is 1.14. The standard InChI is InChI=1S/C22H23N3O3S/c1-14-11-15(2)24-22(23-14)29-18-8-6-17(7-9-18)25-21(26)13-16-5-10-19(27-3)20(12-16)28-4/h5-12H,13H2,1-4H3,(H,25,26). The number of rotatable bonds is 7. The molecule has 2 aromatic carbocycles. The molecule has 6 nitrogen and oxygen atoms in total. The van der Waals surface area contributed by atoms with Crippen LogP contribution in [0, 0.1) is 13.8 Å². The molecule has 0 aliphatic heterocycles. The Labute approximate surface area is 174 Å². The Morgan fingerprint density at radius 2 is 1.59 bits per heavy atom. The number of hydrogen-bond donors (Lipinski definition) is 1. The monoisotopic (exact) mass is 409 g/mol. The van der Waals surface area contributed by atoms with Crippen molar-refractivity contribution < 1.29 is 14.3 Å². The second-order valence-corrected chi connectivity index (χ2v) is 7.51. The first kappa shape index (κ1) is 20.7. The van der Waals surface area contributed by atoms with Crippen LogP contribution in [0.5, 0.6) is 11.5 Å². The minimum Gasteiger partial charge on any atom is -0.493 e. The molecule has 1 heterocycles. The molecule has 150 valence electrons. The van der Waals surface area contributed by atoms with E-state index in [2.05, 4.69) is 15.3 Å². The number of carbonyl (C=O) groups is 1. The first-order valence-electron chi connectivity index (χ1n) is 9.08. The van der Waals surface area contributed by atoms with Crippen LogP contribution in [0.2, 0.25) is 0 Å². The number of anilines is 1. The molecular formula is C22H23N3O3S. The predicted octanol–water partition coefficient (Wildman–Crippen LogP) is 4.44. The zero-order valence-electron chi connectivity index (χ0n) is 16.9. The summed E-state index contributed by atoms with van der Waals surface area (Å²) in [7, 11) is 3.16. The molecule has 0 aliphatic rings. The maximum atomic E-state index is 12.4. The van der Waals surface area contributed by atoms with Crippen LogP contribution in [0.25, 0.3) is 0 Å². The average Bonchev–Trinajstić information content (AvgIpc) is 2.68. The summed E-state index contributed by atoms with van der Waals surface area (Å²) in [6, 6.07) is 15.0. The van der Waals surface area contributed by atoms with E-state index < -0.39 is 0 Å². The number of methoxy groups -OCH3 is 2. The Morgan fingerprint density at radius 3 is 2.21 bits per heavy atom. The van der Waals surface area contributed by atoms with Gasteiger partial charge in [-0.15, -0.1) is 0 Å². The van der Waals surface area contributed by atoms with E-state index in [1.54, 1.807) is 20.3 Å². The van der Waals surface area contributed by atoms with Gasteiger partial charge in [0.1, 0.15) is 0 Å². The molecule has 0 bridgehead atoms. The van der Waals surface area contributed by atoms with Crippen molar-refractivity contribution in [3.63, 3.8) is 0 Å². The van der Waals surface area contributed by atoms with Gasteiger partial charge in [0, 0.05) is 22.0 Å². The van der Waals surface area contributed by atoms with Crippen LogP contribution in [-0.2, 0) is 11.2 Å². The first-order valence-corrected chi connectivity index (χ1v) is 9.89. The lowest BCUT2D eigenvalue weighted by Gasteiger charge is -2.10. The molecule has 1 aromatic heterocycles. The quantitative estimate of drug-likeness (QED) is 0.582. The average molecular weight is 410 g/mol. The van der Waals surface area contributed by atoms with Gasteiger partial charge in [0.15, 0.2) is 16.7 Å². The zero-order valence-corrected chi connectivity index (χ0v) is 17.7. The van der Waals surface area contributed by atoms with Crippen LogP contribution < -0.4 is 14.8 Å². The van der Waals surface area contributed by atoms with Crippen LogP contribution in [0.1, 0.15) is 17.0 Å². The number of amides is 1. The summed E-state index contributed by atoms with van der Waals surface area (Å²) in [5.41, 5.74) is 3.47. The van der Waals surface area contributed by atoms with Crippen LogP contribution in [0.4, 0.5) is 5.69 Å². The predicted molar refractivity (Wildman–Crippen MR) is 114 cm³/mol. The molecule has 7 heteroatoms. The third kappa shape index (κ3) is 5.71. The van der Waals surface area contributed by atoms with Crippen molar-refractivity contribution in [3.05, 3.63) is 65.5 Å². The van der Waals surface area contributed by atoms with Crippen LogP contribution in [0.3, 0.4) is 0 Å². The van der Waals surface area contributed by atoms with E-state index in [-0.39, 0.29) is 12.3 Å². The number of carbonyl (C=O) groups excluding carboxylic acids is 1. The highest BCUT2D eigenvalue weighted by atomic mass is 32.2. The fraction of sp³-hybridized carbons (Fsp3) is 0.227. The molecule has 1 amide bonds. The highest BCUT2D eigenvalue weighted by Crippen LogP contribution is 2.28. The SMILES string of the molecule is COc1ccc(CC(=O)Nc2ccc(Sc3nc(C)cc(C)n3)cc2)cc1OC. The number of ether oxygens (including phenoxy) is 2. The van der Waals surface area contributed by atoms with E-state index in [1.807, 2.05) is 56.3 Å². The van der Waals surface area contributed by atoms with Gasteiger partial charge in [0.05, 0.1) is 20.6 Å². The van der Waals surface area contributed by atoms with Gasteiger partial charge in [0.25, 0.3) is 0 Å². The maximum absolute atomic E-state index is 12.4. The van der Waals surface area contributed by atoms with Gasteiger partial charge in [-0.05, 0) is 73.6 Å². The molecule has 1 N–H and O–H groups in total. The number of aromatic nitrogens is 2. The molecule has 0 unspecified atom stereocenters. The topological polar surface area (TPSA) is 73.3 Å². The van der Waals surface area contributed by atoms with E-state index in [9.17, 15) is 4.79 Å². The lowest BCUT2D eigenvalue weighted by atomic mass is 10.1. The van der Waals surface area contributed by atoms with Crippen molar-refractivity contribution in [3.8, 4) is 11.5 Å². The molecule has 29 heavy (non-hydrogen) atoms. The number of hydrogen-bond acceptors (Lipinski definition) is 6. The van der Waals surface area contributed by atoms with Gasteiger partial charge >= 0.3 is 0 Å². The molecule has 0 atom stereocenters. The minimum atomic E-state index is -0.102. The molecule has 0 spiro atoms. The largest absolute Gasteiger partial charge is 0.493 e. The molecule has 3 rings (SSSR count). The van der Waals surface area contributed by atoms with Crippen LogP contribution >= 0.6 is 11.8 Å². The molecule has 0 saturated carbocycles. The number of nitrogens with zero attached hydrogens (tertiary/aromatic N) is 2. The highest BCUT2D eigenvalue weighted by molar-refractivity contribution is 7.99. The van der Waals surface area contributed by atoms with Crippen molar-refractivity contribution in [2.45, 2.75) is 30.3 Å². The molecular weight excluding hydrogens is 386 g/mol. The molecule has 0 aliphatic carbocycles. The number of benzene rings is 2. The summed E-state index contributed by atoms with van der Waals surface area (Å²) in [6.07, 6.45) is 0.243. The molecule has 0 fully saturated rings. The lowest BCUT2D eigenvalue weighted by molar-refractivity contribution is -0.115. The van der Waals surface area contributed by atoms with Crippen molar-refractivity contribution in [2.24, 2.45) is 0 Å². The van der Waals surface area contributed by atoms with Gasteiger partial charge in [-0.25, -0.2) is 9.97 Å². The maximum Gasteiger partial charge on any atom is 0.228 e. The van der Waals surface area contributed by atoms with Crippen molar-refractivity contribution in [1.82, 2.24) is 9.97 Å². The number of aryl methyl sites for hydroxylation is 2. The van der Waals surface area contributed by atoms with E-state index in [0.717, 1.165) is 27.5 Å². The lowest BCUT2D eigenvalue weighted by Crippen LogP contribution is -2.14. The van der Waals surface area contributed by atoms with Gasteiger partial charge < -0.3 is 14.8 Å². The Balaban J connectivity index is 1.61. The normalized spacial score (nSPS) is 10.5. The van der Waals surface area contributed by atoms with Crippen LogP contribution in [0.15, 0.2) is 58.6 Å². The van der Waals surface area contributed by atoms with Crippen molar-refractivity contribution >= 4 is 23.4 Å². The summed E-state index contributed by atoms with van der Waals surface area (Å²) >= 11 is 1.49. The van der Waals surface area contributed by atoms with Gasteiger partial charge in [-0.3, -0.25) is 4.79 Å². The van der Waals surface area contributed by atoms with E-state index in [1.165, 1.54) is 11.8 Å². The molecule has 3 aromatic rings. The summed E-state index contributed by atoms with van der Waals surface area (Å²) in [6.45, 7) is 3.91. The fourth-order valence-corrected chi connectivity index (χ4v) is 3.69. The Hall–Kier alpha value is -3.06. The van der Waals surface area contributed by atoms with Crippen molar-refractivity contribution in [1.29, 1.82) is 0 Å². The number of nitrogens with one attached hydrogen (secondary N) is 1. The fourth-order valence-electron chi connectivity index (χ4n) is 2.83. The molecule has 0 radical (unpaired) electrons. The molecule has 0 saturated heterocycles. The van der Waals surface area contributed by atoms with Crippen molar-refractivity contribution in [2.75, 3.05) is 19.5 Å².